The first kappa shape index (κ1) is 19.5. The number of carbonyl (C=O) groups excluding carboxylic acids is 1. The smallest absolute Gasteiger partial charge is 0.224 e. The van der Waals surface area contributed by atoms with E-state index >= 15 is 0 Å². The number of hydrogen-bond acceptors (Lipinski definition) is 2. The molecule has 1 fully saturated rings. The highest BCUT2D eigenvalue weighted by Crippen LogP contribution is 2.20. The van der Waals surface area contributed by atoms with Crippen molar-refractivity contribution in [3.05, 3.63) is 71.8 Å². The van der Waals surface area contributed by atoms with E-state index in [2.05, 4.69) is 59.2 Å². The number of carbonyl (C=O) groups is 1. The van der Waals surface area contributed by atoms with Crippen molar-refractivity contribution in [2.45, 2.75) is 25.2 Å². The summed E-state index contributed by atoms with van der Waals surface area (Å²) in [6, 6.07) is 21.0. The molecule has 25 heavy (non-hydrogen) atoms. The van der Waals surface area contributed by atoms with Gasteiger partial charge in [-0.1, -0.05) is 60.7 Å². The predicted molar refractivity (Wildman–Crippen MR) is 105 cm³/mol. The summed E-state index contributed by atoms with van der Waals surface area (Å²) in [4.78, 5) is 12.4. The van der Waals surface area contributed by atoms with E-state index in [4.69, 9.17) is 0 Å². The van der Waals surface area contributed by atoms with Gasteiger partial charge in [0.2, 0.25) is 5.91 Å². The largest absolute Gasteiger partial charge is 0.355 e. The van der Waals surface area contributed by atoms with Crippen LogP contribution >= 0.6 is 12.4 Å². The van der Waals surface area contributed by atoms with E-state index in [0.717, 1.165) is 32.4 Å². The number of piperidine rings is 1. The molecule has 3 nitrogen and oxygen atoms in total. The molecule has 0 spiro atoms. The molecule has 134 valence electrons. The van der Waals surface area contributed by atoms with Gasteiger partial charge in [0, 0.05) is 19.0 Å². The van der Waals surface area contributed by atoms with Crippen LogP contribution in [0.1, 0.15) is 29.9 Å². The number of benzene rings is 2. The van der Waals surface area contributed by atoms with Gasteiger partial charge in [-0.05, 0) is 36.9 Å². The molecule has 3 rings (SSSR count). The Hall–Kier alpha value is -1.84. The molecule has 2 aromatic carbocycles. The first-order valence-corrected chi connectivity index (χ1v) is 8.90. The zero-order valence-electron chi connectivity index (χ0n) is 14.5. The Morgan fingerprint density at radius 1 is 1.08 bits per heavy atom. The second-order valence-corrected chi connectivity index (χ2v) is 6.59. The second kappa shape index (κ2) is 10.2. The SMILES string of the molecule is Cl.O=C(NCC(Cc1ccccc1)c1ccccc1)C1CCCNC1. The highest BCUT2D eigenvalue weighted by atomic mass is 35.5. The van der Waals surface area contributed by atoms with Gasteiger partial charge in [0.25, 0.3) is 0 Å². The molecule has 1 amide bonds. The standard InChI is InChI=1S/C21H26N2O.ClH/c24-21(19-12-7-13-22-15-19)23-16-20(18-10-5-2-6-11-18)14-17-8-3-1-4-9-17;/h1-6,8-11,19-20,22H,7,12-16H2,(H,23,24);1H. The van der Waals surface area contributed by atoms with Crippen molar-refractivity contribution < 1.29 is 4.79 Å². The van der Waals surface area contributed by atoms with Crippen LogP contribution in [0.4, 0.5) is 0 Å². The lowest BCUT2D eigenvalue weighted by Crippen LogP contribution is -2.41. The summed E-state index contributed by atoms with van der Waals surface area (Å²) in [7, 11) is 0. The Kier molecular flexibility index (Phi) is 7.96. The average molecular weight is 359 g/mol. The van der Waals surface area contributed by atoms with Crippen LogP contribution in [-0.4, -0.2) is 25.5 Å². The van der Waals surface area contributed by atoms with Crippen LogP contribution in [0.25, 0.3) is 0 Å². The highest BCUT2D eigenvalue weighted by Gasteiger charge is 2.22. The van der Waals surface area contributed by atoms with Gasteiger partial charge in [0.15, 0.2) is 0 Å². The zero-order chi connectivity index (χ0) is 16.6. The molecule has 4 heteroatoms. The summed E-state index contributed by atoms with van der Waals surface area (Å²) in [5.74, 6) is 0.609. The van der Waals surface area contributed by atoms with Crippen molar-refractivity contribution in [1.82, 2.24) is 10.6 Å². The Labute approximate surface area is 156 Å². The molecule has 2 aromatic rings. The Morgan fingerprint density at radius 2 is 1.76 bits per heavy atom. The summed E-state index contributed by atoms with van der Waals surface area (Å²) in [6.07, 6.45) is 3.02. The minimum atomic E-state index is 0. The molecule has 0 aliphatic carbocycles. The maximum atomic E-state index is 12.4. The number of rotatable bonds is 6. The van der Waals surface area contributed by atoms with E-state index in [1.807, 2.05) is 12.1 Å². The minimum Gasteiger partial charge on any atom is -0.355 e. The monoisotopic (exact) mass is 358 g/mol. The lowest BCUT2D eigenvalue weighted by atomic mass is 9.91. The summed E-state index contributed by atoms with van der Waals surface area (Å²) in [5.41, 5.74) is 2.59. The quantitative estimate of drug-likeness (QED) is 0.829. The zero-order valence-corrected chi connectivity index (χ0v) is 15.3. The lowest BCUT2D eigenvalue weighted by Gasteiger charge is -2.24. The Morgan fingerprint density at radius 3 is 2.40 bits per heavy atom. The van der Waals surface area contributed by atoms with Crippen molar-refractivity contribution in [1.29, 1.82) is 0 Å². The fraction of sp³-hybridized carbons (Fsp3) is 0.381. The third kappa shape index (κ3) is 5.87. The maximum Gasteiger partial charge on any atom is 0.224 e. The number of halogens is 1. The fourth-order valence-electron chi connectivity index (χ4n) is 3.38. The van der Waals surface area contributed by atoms with Gasteiger partial charge in [-0.2, -0.15) is 0 Å². The number of amides is 1. The van der Waals surface area contributed by atoms with E-state index < -0.39 is 0 Å². The van der Waals surface area contributed by atoms with E-state index in [-0.39, 0.29) is 24.2 Å². The molecule has 0 radical (unpaired) electrons. The van der Waals surface area contributed by atoms with Gasteiger partial charge >= 0.3 is 0 Å². The summed E-state index contributed by atoms with van der Waals surface area (Å²) in [5, 5.41) is 6.51. The van der Waals surface area contributed by atoms with Crippen molar-refractivity contribution in [2.75, 3.05) is 19.6 Å². The number of hydrogen-bond donors (Lipinski definition) is 2. The van der Waals surface area contributed by atoms with Gasteiger partial charge in [-0.25, -0.2) is 0 Å². The maximum absolute atomic E-state index is 12.4. The molecular formula is C21H27ClN2O. The summed E-state index contributed by atoms with van der Waals surface area (Å²) < 4.78 is 0. The van der Waals surface area contributed by atoms with Crippen molar-refractivity contribution in [3.63, 3.8) is 0 Å². The lowest BCUT2D eigenvalue weighted by molar-refractivity contribution is -0.125. The summed E-state index contributed by atoms with van der Waals surface area (Å²) >= 11 is 0. The van der Waals surface area contributed by atoms with E-state index in [9.17, 15) is 4.79 Å². The summed E-state index contributed by atoms with van der Waals surface area (Å²) in [6.45, 7) is 2.53. The van der Waals surface area contributed by atoms with Gasteiger partial charge in [-0.3, -0.25) is 4.79 Å². The molecule has 1 saturated heterocycles. The van der Waals surface area contributed by atoms with Crippen molar-refractivity contribution >= 4 is 18.3 Å². The Bertz CT molecular complexity index is 627. The minimum absolute atomic E-state index is 0. The van der Waals surface area contributed by atoms with Crippen LogP contribution in [0.15, 0.2) is 60.7 Å². The topological polar surface area (TPSA) is 41.1 Å². The van der Waals surface area contributed by atoms with Crippen LogP contribution < -0.4 is 10.6 Å². The average Bonchev–Trinajstić information content (AvgIpc) is 2.67. The third-order valence-corrected chi connectivity index (χ3v) is 4.79. The molecular weight excluding hydrogens is 332 g/mol. The van der Waals surface area contributed by atoms with Gasteiger partial charge < -0.3 is 10.6 Å². The molecule has 2 N–H and O–H groups in total. The van der Waals surface area contributed by atoms with Gasteiger partial charge in [-0.15, -0.1) is 12.4 Å². The molecule has 1 aliphatic heterocycles. The van der Waals surface area contributed by atoms with Crippen LogP contribution in [0.2, 0.25) is 0 Å². The molecule has 1 aliphatic rings. The first-order valence-electron chi connectivity index (χ1n) is 8.90. The van der Waals surface area contributed by atoms with E-state index in [0.29, 0.717) is 12.5 Å². The van der Waals surface area contributed by atoms with Crippen LogP contribution in [-0.2, 0) is 11.2 Å². The Balaban J connectivity index is 0.00000225. The van der Waals surface area contributed by atoms with Crippen LogP contribution in [0, 0.1) is 5.92 Å². The second-order valence-electron chi connectivity index (χ2n) is 6.59. The fourth-order valence-corrected chi connectivity index (χ4v) is 3.38. The first-order chi connectivity index (χ1) is 11.8. The molecule has 0 aromatic heterocycles. The van der Waals surface area contributed by atoms with Crippen molar-refractivity contribution in [3.8, 4) is 0 Å². The van der Waals surface area contributed by atoms with Gasteiger partial charge in [0.1, 0.15) is 0 Å². The molecule has 0 saturated carbocycles. The predicted octanol–water partition coefficient (Wildman–Crippen LogP) is 3.55. The van der Waals surface area contributed by atoms with Crippen LogP contribution in [0.5, 0.6) is 0 Å². The van der Waals surface area contributed by atoms with E-state index in [1.54, 1.807) is 0 Å². The van der Waals surface area contributed by atoms with E-state index in [1.165, 1.54) is 11.1 Å². The molecule has 2 atom stereocenters. The molecule has 0 bridgehead atoms. The van der Waals surface area contributed by atoms with Crippen LogP contribution in [0.3, 0.4) is 0 Å². The third-order valence-electron chi connectivity index (χ3n) is 4.79. The normalized spacial score (nSPS) is 18.0. The highest BCUT2D eigenvalue weighted by molar-refractivity contribution is 5.85. The molecule has 1 heterocycles. The molecule has 2 unspecified atom stereocenters. The van der Waals surface area contributed by atoms with Crippen molar-refractivity contribution in [2.24, 2.45) is 5.92 Å². The number of nitrogens with one attached hydrogen (secondary N) is 2. The van der Waals surface area contributed by atoms with Gasteiger partial charge in [0.05, 0.1) is 5.92 Å².